The lowest BCUT2D eigenvalue weighted by atomic mass is 10.0. The molecule has 0 aromatic heterocycles. The van der Waals surface area contributed by atoms with Gasteiger partial charge in [0, 0.05) is 5.69 Å². The van der Waals surface area contributed by atoms with Gasteiger partial charge in [0.1, 0.15) is 0 Å². The van der Waals surface area contributed by atoms with E-state index < -0.39 is 11.9 Å². The number of carbonyl (C=O) groups is 1. The van der Waals surface area contributed by atoms with Crippen LogP contribution in [0.3, 0.4) is 0 Å². The topological polar surface area (TPSA) is 32.3 Å². The summed E-state index contributed by atoms with van der Waals surface area (Å²) in [7, 11) is 5.75. The summed E-state index contributed by atoms with van der Waals surface area (Å²) >= 11 is 0. The molecule has 14 heavy (non-hydrogen) atoms. The van der Waals surface area contributed by atoms with Crippen LogP contribution in [0, 0.1) is 6.92 Å². The fourth-order valence-corrected chi connectivity index (χ4v) is 1.46. The molecule has 0 fully saturated rings. The number of nitrogens with zero attached hydrogens (tertiary/aromatic N) is 1. The maximum atomic E-state index is 11.6. The summed E-state index contributed by atoms with van der Waals surface area (Å²) in [6.07, 6.45) is 0. The minimum atomic E-state index is -1.46. The van der Waals surface area contributed by atoms with Gasteiger partial charge in [0.05, 0.1) is 13.1 Å². The minimum absolute atomic E-state index is 0.414. The molecule has 1 heterocycles. The van der Waals surface area contributed by atoms with Crippen molar-refractivity contribution in [1.82, 2.24) is 0 Å². The first-order valence-electron chi connectivity index (χ1n) is 4.90. The van der Waals surface area contributed by atoms with Crippen LogP contribution in [0.15, 0.2) is 18.2 Å². The van der Waals surface area contributed by atoms with Crippen molar-refractivity contribution in [2.75, 3.05) is 10.1 Å². The van der Waals surface area contributed by atoms with Crippen molar-refractivity contribution in [3.05, 3.63) is 23.8 Å². The molecule has 0 saturated carbocycles. The van der Waals surface area contributed by atoms with Gasteiger partial charge in [0.25, 0.3) is 0 Å². The highest BCUT2D eigenvalue weighted by atomic mass is 16.2. The van der Waals surface area contributed by atoms with Gasteiger partial charge in [-0.15, -0.1) is 0 Å². The van der Waals surface area contributed by atoms with Gasteiger partial charge in [-0.2, -0.15) is 0 Å². The van der Waals surface area contributed by atoms with Gasteiger partial charge in [-0.1, -0.05) is 6.07 Å². The number of anilines is 2. The van der Waals surface area contributed by atoms with Gasteiger partial charge in [-0.3, -0.25) is 4.79 Å². The first kappa shape index (κ1) is 7.91. The highest BCUT2D eigenvalue weighted by Crippen LogP contribution is 2.30. The molecule has 70 valence electrons. The molecule has 0 aliphatic carbocycles. The molecule has 0 bridgehead atoms. The van der Waals surface area contributed by atoms with E-state index in [1.807, 2.05) is 19.1 Å². The molecule has 0 spiro atoms. The summed E-state index contributed by atoms with van der Waals surface area (Å²) in [6, 6.07) is 4.08. The Morgan fingerprint density at radius 2 is 2.36 bits per heavy atom. The summed E-state index contributed by atoms with van der Waals surface area (Å²) in [5, 5.41) is 2.67. The van der Waals surface area contributed by atoms with Crippen LogP contribution in [0.5, 0.6) is 0 Å². The molecule has 2 rings (SSSR count). The fourth-order valence-electron chi connectivity index (χ4n) is 1.46. The predicted octanol–water partition coefficient (Wildman–Crippen LogP) is 1.23. The number of benzene rings is 1. The second kappa shape index (κ2) is 3.05. The van der Waals surface area contributed by atoms with Crippen molar-refractivity contribution < 1.29 is 6.17 Å². The van der Waals surface area contributed by atoms with Crippen molar-refractivity contribution in [1.29, 1.82) is 0 Å². The smallest absolute Gasteiger partial charge is 0.245 e. The largest absolute Gasteiger partial charge is 0.413 e. The summed E-state index contributed by atoms with van der Waals surface area (Å²) in [5.74, 6) is -0.414. The fraction of sp³-hybridized carbons (Fsp3) is 0.300. The molecule has 1 aliphatic rings. The third-order valence-corrected chi connectivity index (χ3v) is 2.35. The van der Waals surface area contributed by atoms with E-state index in [0.29, 0.717) is 11.4 Å². The number of rotatable bonds is 0. The van der Waals surface area contributed by atoms with E-state index in [-0.39, 0.29) is 0 Å². The number of carbonyl (C=O) groups excluding carboxylic acids is 1. The van der Waals surface area contributed by atoms with Crippen LogP contribution in [-0.2, 0) is 4.79 Å². The quantitative estimate of drug-likeness (QED) is 0.619. The standard InChI is InChI=1S/C10H11BN2O/c1-6-3-4-9-8(5-6)12-10(14)7(2)13(9)11/h3-5,7H,1-2H3,(H,12,14)/i7D. The number of amides is 1. The zero-order valence-electron chi connectivity index (χ0n) is 9.16. The van der Waals surface area contributed by atoms with Crippen LogP contribution in [0.4, 0.5) is 11.4 Å². The molecule has 1 aromatic rings. The average Bonchev–Trinajstić information content (AvgIpc) is 2.15. The Labute approximate surface area is 85.9 Å². The van der Waals surface area contributed by atoms with Crippen LogP contribution < -0.4 is 10.1 Å². The molecular formula is C10H11BN2O. The van der Waals surface area contributed by atoms with Gasteiger partial charge in [-0.25, -0.2) is 0 Å². The van der Waals surface area contributed by atoms with Gasteiger partial charge in [-0.05, 0) is 31.5 Å². The summed E-state index contributed by atoms with van der Waals surface area (Å²) in [4.78, 5) is 12.8. The lowest BCUT2D eigenvalue weighted by Crippen LogP contribution is -2.44. The molecule has 1 aliphatic heterocycles. The second-order valence-electron chi connectivity index (χ2n) is 3.43. The number of nitrogens with one attached hydrogen (secondary N) is 1. The van der Waals surface area contributed by atoms with Gasteiger partial charge >= 0.3 is 0 Å². The van der Waals surface area contributed by atoms with Crippen molar-refractivity contribution >= 4 is 25.3 Å². The average molecular weight is 187 g/mol. The number of hydrogen-bond acceptors (Lipinski definition) is 2. The number of hydrogen-bond donors (Lipinski definition) is 1. The first-order valence-corrected chi connectivity index (χ1v) is 4.40. The second-order valence-corrected chi connectivity index (χ2v) is 3.43. The Balaban J connectivity index is 2.55. The number of aryl methyl sites for hydroxylation is 1. The van der Waals surface area contributed by atoms with E-state index in [2.05, 4.69) is 5.32 Å². The molecule has 1 unspecified atom stereocenters. The van der Waals surface area contributed by atoms with Crippen LogP contribution in [0.1, 0.15) is 13.9 Å². The molecular weight excluding hydrogens is 175 g/mol. The van der Waals surface area contributed by atoms with Crippen LogP contribution in [-0.4, -0.2) is 19.9 Å². The minimum Gasteiger partial charge on any atom is -0.413 e. The Morgan fingerprint density at radius 1 is 1.64 bits per heavy atom. The molecule has 1 amide bonds. The SMILES string of the molecule is [2H]C1(C)C(=O)Nc2cc(C)ccc2N1[B]. The van der Waals surface area contributed by atoms with Crippen molar-refractivity contribution in [2.45, 2.75) is 19.9 Å². The van der Waals surface area contributed by atoms with E-state index in [4.69, 9.17) is 9.35 Å². The predicted molar refractivity (Wildman–Crippen MR) is 57.5 cm³/mol. The monoisotopic (exact) mass is 187 g/mol. The first-order chi connectivity index (χ1) is 6.93. The maximum Gasteiger partial charge on any atom is 0.245 e. The Hall–Kier alpha value is -1.45. The van der Waals surface area contributed by atoms with Crippen molar-refractivity contribution in [3.8, 4) is 0 Å². The Kier molecular flexibility index (Phi) is 1.72. The zero-order valence-corrected chi connectivity index (χ0v) is 8.16. The van der Waals surface area contributed by atoms with E-state index in [0.717, 1.165) is 5.56 Å². The van der Waals surface area contributed by atoms with Crippen molar-refractivity contribution in [2.24, 2.45) is 0 Å². The molecule has 0 saturated heterocycles. The molecule has 3 nitrogen and oxygen atoms in total. The molecule has 2 radical (unpaired) electrons. The van der Waals surface area contributed by atoms with E-state index in [1.165, 1.54) is 11.7 Å². The molecule has 1 atom stereocenters. The summed E-state index contributed by atoms with van der Waals surface area (Å²) < 4.78 is 7.81. The zero-order chi connectivity index (χ0) is 11.2. The number of fused-ring (bicyclic) bond motifs is 1. The van der Waals surface area contributed by atoms with E-state index in [9.17, 15) is 4.79 Å². The normalized spacial score (nSPS) is 26.6. The summed E-state index contributed by atoms with van der Waals surface area (Å²) in [5.41, 5.74) is 2.36. The molecule has 1 N–H and O–H groups in total. The van der Waals surface area contributed by atoms with E-state index >= 15 is 0 Å². The third-order valence-electron chi connectivity index (χ3n) is 2.35. The molecule has 4 heteroatoms. The van der Waals surface area contributed by atoms with Gasteiger partial charge in [0.2, 0.25) is 13.9 Å². The van der Waals surface area contributed by atoms with Crippen LogP contribution in [0.2, 0.25) is 0 Å². The molecule has 1 aromatic carbocycles. The van der Waals surface area contributed by atoms with Gasteiger partial charge in [0.15, 0.2) is 0 Å². The van der Waals surface area contributed by atoms with E-state index in [1.54, 1.807) is 6.07 Å². The van der Waals surface area contributed by atoms with Crippen LogP contribution >= 0.6 is 0 Å². The Morgan fingerprint density at radius 3 is 3.07 bits per heavy atom. The summed E-state index contributed by atoms with van der Waals surface area (Å²) in [6.45, 7) is 3.40. The maximum absolute atomic E-state index is 11.6. The highest BCUT2D eigenvalue weighted by Gasteiger charge is 2.25. The lowest BCUT2D eigenvalue weighted by molar-refractivity contribution is -0.117. The lowest BCUT2D eigenvalue weighted by Gasteiger charge is -2.34. The van der Waals surface area contributed by atoms with Crippen LogP contribution in [0.25, 0.3) is 0 Å². The third kappa shape index (κ3) is 1.27. The van der Waals surface area contributed by atoms with Gasteiger partial charge < -0.3 is 10.1 Å². The Bertz CT molecular complexity index is 433. The van der Waals surface area contributed by atoms with Crippen molar-refractivity contribution in [3.63, 3.8) is 0 Å². The highest BCUT2D eigenvalue weighted by molar-refractivity contribution is 6.24.